The van der Waals surface area contributed by atoms with E-state index in [0.717, 1.165) is 40.0 Å². The summed E-state index contributed by atoms with van der Waals surface area (Å²) < 4.78 is 14.4. The van der Waals surface area contributed by atoms with Crippen LogP contribution >= 0.6 is 0 Å². The van der Waals surface area contributed by atoms with Gasteiger partial charge in [-0.2, -0.15) is 0 Å². The summed E-state index contributed by atoms with van der Waals surface area (Å²) in [5.74, 6) is 3.57. The summed E-state index contributed by atoms with van der Waals surface area (Å²) in [4.78, 5) is 0. The van der Waals surface area contributed by atoms with Crippen molar-refractivity contribution >= 4 is 5.69 Å². The Kier molecular flexibility index (Phi) is 8.61. The summed E-state index contributed by atoms with van der Waals surface area (Å²) in [6.07, 6.45) is 12.1. The molecule has 0 radical (unpaired) electrons. The van der Waals surface area contributed by atoms with E-state index in [0.29, 0.717) is 6.42 Å². The van der Waals surface area contributed by atoms with Crippen LogP contribution in [0.15, 0.2) is 236 Å². The maximum Gasteiger partial charge on any atom is 0.177 e. The van der Waals surface area contributed by atoms with Crippen LogP contribution < -0.4 is 14.8 Å². The summed E-state index contributed by atoms with van der Waals surface area (Å²) in [5.41, 5.74) is 19.2. The van der Waals surface area contributed by atoms with Crippen molar-refractivity contribution < 1.29 is 9.47 Å². The highest BCUT2D eigenvalue weighted by molar-refractivity contribution is 5.97. The molecule has 5 aliphatic rings. The first-order valence-electron chi connectivity index (χ1n) is 22.8. The van der Waals surface area contributed by atoms with Crippen LogP contribution in [0.1, 0.15) is 45.7 Å². The van der Waals surface area contributed by atoms with Gasteiger partial charge in [-0.15, -0.1) is 0 Å². The van der Waals surface area contributed by atoms with Crippen molar-refractivity contribution in [2.45, 2.75) is 24.7 Å². The monoisotopic (exact) mass is 835 g/mol. The van der Waals surface area contributed by atoms with Crippen LogP contribution in [0.4, 0.5) is 5.69 Å². The van der Waals surface area contributed by atoms with Gasteiger partial charge in [0.1, 0.15) is 5.76 Å². The van der Waals surface area contributed by atoms with Crippen LogP contribution in [-0.4, -0.2) is 0 Å². The third-order valence-corrected chi connectivity index (χ3v) is 14.6. The summed E-state index contributed by atoms with van der Waals surface area (Å²) in [6, 6.07) is 68.2. The molecule has 1 spiro atoms. The van der Waals surface area contributed by atoms with Gasteiger partial charge in [-0.25, -0.2) is 0 Å². The van der Waals surface area contributed by atoms with E-state index >= 15 is 0 Å². The van der Waals surface area contributed by atoms with Crippen LogP contribution in [0.2, 0.25) is 0 Å². The first-order valence-corrected chi connectivity index (χ1v) is 22.8. The molecule has 0 bridgehead atoms. The minimum atomic E-state index is -0.461. The summed E-state index contributed by atoms with van der Waals surface area (Å²) in [7, 11) is 0. The molecule has 8 aromatic rings. The van der Waals surface area contributed by atoms with Gasteiger partial charge >= 0.3 is 0 Å². The van der Waals surface area contributed by atoms with Gasteiger partial charge in [0, 0.05) is 41.3 Å². The fourth-order valence-corrected chi connectivity index (χ4v) is 11.7. The topological polar surface area (TPSA) is 30.5 Å². The van der Waals surface area contributed by atoms with Crippen LogP contribution in [0.3, 0.4) is 0 Å². The Hall–Kier alpha value is -7.88. The average Bonchev–Trinajstić information content (AvgIpc) is 3.84. The van der Waals surface area contributed by atoms with Gasteiger partial charge in [0.2, 0.25) is 0 Å². The minimum absolute atomic E-state index is 0.0622. The molecule has 3 heteroatoms. The molecule has 3 unspecified atom stereocenters. The number of hydrogen-bond donors (Lipinski definition) is 1. The van der Waals surface area contributed by atoms with E-state index in [2.05, 4.69) is 231 Å². The predicted molar refractivity (Wildman–Crippen MR) is 264 cm³/mol. The zero-order valence-corrected chi connectivity index (χ0v) is 36.0. The fourth-order valence-electron chi connectivity index (χ4n) is 11.7. The Morgan fingerprint density at radius 3 is 1.80 bits per heavy atom. The zero-order chi connectivity index (χ0) is 43.1. The minimum Gasteiger partial charge on any atom is -0.453 e. The largest absolute Gasteiger partial charge is 0.453 e. The first kappa shape index (κ1) is 37.7. The van der Waals surface area contributed by atoms with Crippen molar-refractivity contribution in [3.05, 3.63) is 269 Å². The van der Waals surface area contributed by atoms with Gasteiger partial charge in [-0.05, 0) is 103 Å². The van der Waals surface area contributed by atoms with E-state index in [9.17, 15) is 0 Å². The molecule has 1 aliphatic heterocycles. The molecule has 4 aliphatic carbocycles. The number of hydrogen-bond acceptors (Lipinski definition) is 3. The number of benzene rings is 8. The molecule has 3 nitrogen and oxygen atoms in total. The molecule has 1 heterocycles. The van der Waals surface area contributed by atoms with E-state index < -0.39 is 5.41 Å². The van der Waals surface area contributed by atoms with E-state index in [-0.39, 0.29) is 17.8 Å². The molecule has 0 aromatic heterocycles. The highest BCUT2D eigenvalue weighted by atomic mass is 16.6. The molecule has 1 N–H and O–H groups in total. The normalized spacial score (nSPS) is 18.9. The SMILES string of the molecule is Cc1ccccc1C1C=CC=CC1C1CC2=C(C=C1Nc1ccc(-c3ccccc3-c3ccccc3)cc1)Oc1ccc3c(c1O2)-c1ccccc1C31c2ccccc2-c2ccccc21. The third-order valence-electron chi connectivity index (χ3n) is 14.6. The van der Waals surface area contributed by atoms with Gasteiger partial charge in [0.15, 0.2) is 17.3 Å². The van der Waals surface area contributed by atoms with Crippen molar-refractivity contribution in [3.63, 3.8) is 0 Å². The zero-order valence-electron chi connectivity index (χ0n) is 36.0. The van der Waals surface area contributed by atoms with Crippen LogP contribution in [0.5, 0.6) is 11.5 Å². The Morgan fingerprint density at radius 2 is 1.09 bits per heavy atom. The van der Waals surface area contributed by atoms with Crippen molar-refractivity contribution in [3.8, 4) is 56.0 Å². The van der Waals surface area contributed by atoms with Crippen LogP contribution in [-0.2, 0) is 5.41 Å². The molecule has 0 amide bonds. The molecule has 310 valence electrons. The van der Waals surface area contributed by atoms with E-state index in [4.69, 9.17) is 9.47 Å². The summed E-state index contributed by atoms with van der Waals surface area (Å²) in [5, 5.41) is 3.94. The Balaban J connectivity index is 0.912. The second kappa shape index (κ2) is 14.9. The maximum atomic E-state index is 7.35. The lowest BCUT2D eigenvalue weighted by molar-refractivity contribution is 0.259. The third kappa shape index (κ3) is 5.75. The molecular formula is C62H45NO2. The molecule has 0 saturated carbocycles. The Bertz CT molecular complexity index is 3300. The summed E-state index contributed by atoms with van der Waals surface area (Å²) >= 11 is 0. The number of anilines is 1. The van der Waals surface area contributed by atoms with E-state index in [1.165, 1.54) is 72.3 Å². The van der Waals surface area contributed by atoms with Crippen LogP contribution in [0.25, 0.3) is 44.5 Å². The lowest BCUT2D eigenvalue weighted by Gasteiger charge is -2.38. The molecule has 3 atom stereocenters. The van der Waals surface area contributed by atoms with Crippen molar-refractivity contribution in [1.29, 1.82) is 0 Å². The number of ether oxygens (including phenoxy) is 2. The van der Waals surface area contributed by atoms with Gasteiger partial charge in [0.25, 0.3) is 0 Å². The van der Waals surface area contributed by atoms with Gasteiger partial charge < -0.3 is 14.8 Å². The average molecular weight is 836 g/mol. The van der Waals surface area contributed by atoms with Crippen molar-refractivity contribution in [2.24, 2.45) is 11.8 Å². The molecule has 0 fully saturated rings. The van der Waals surface area contributed by atoms with E-state index in [1.54, 1.807) is 0 Å². The van der Waals surface area contributed by atoms with E-state index in [1.807, 2.05) is 0 Å². The first-order chi connectivity index (χ1) is 32.1. The highest BCUT2D eigenvalue weighted by Gasteiger charge is 2.53. The van der Waals surface area contributed by atoms with Gasteiger partial charge in [-0.3, -0.25) is 0 Å². The van der Waals surface area contributed by atoms with Crippen molar-refractivity contribution in [1.82, 2.24) is 0 Å². The molecule has 13 rings (SSSR count). The highest BCUT2D eigenvalue weighted by Crippen LogP contribution is 2.66. The molecule has 8 aromatic carbocycles. The Morgan fingerprint density at radius 1 is 0.508 bits per heavy atom. The standard InChI is InChI=1S/C62H45NO2/c1-39-17-5-6-20-43(39)46-23-9-10-24-47(46)51-37-58-59(38-56(51)63-42-33-31-41(32-34-42)45-22-8-7-21-44(45)40-18-3-2-4-19-40)64-57-36-35-55-60(61(57)65-58)50-27-13-16-30-54(50)62(55)52-28-14-11-25-48(52)49-26-12-15-29-53(49)62/h2-36,38,46-47,51,63H,37H2,1H3. The second-order valence-corrected chi connectivity index (χ2v) is 17.9. The number of nitrogens with one attached hydrogen (secondary N) is 1. The molecular weight excluding hydrogens is 791 g/mol. The second-order valence-electron chi connectivity index (χ2n) is 17.9. The lowest BCUT2D eigenvalue weighted by atomic mass is 9.70. The fraction of sp³-hybridized carbons (Fsp3) is 0.0968. The lowest BCUT2D eigenvalue weighted by Crippen LogP contribution is -2.31. The summed E-state index contributed by atoms with van der Waals surface area (Å²) in [6.45, 7) is 2.23. The molecule has 65 heavy (non-hydrogen) atoms. The van der Waals surface area contributed by atoms with Crippen molar-refractivity contribution in [2.75, 3.05) is 5.32 Å². The quantitative estimate of drug-likeness (QED) is 0.181. The number of aryl methyl sites for hydroxylation is 1. The number of allylic oxidation sites excluding steroid dienone is 7. The Labute approximate surface area is 380 Å². The van der Waals surface area contributed by atoms with Crippen LogP contribution in [0, 0.1) is 18.8 Å². The molecule has 0 saturated heterocycles. The predicted octanol–water partition coefficient (Wildman–Crippen LogP) is 15.2. The smallest absolute Gasteiger partial charge is 0.177 e. The number of fused-ring (bicyclic) bond motifs is 12. The van der Waals surface area contributed by atoms with Gasteiger partial charge in [0.05, 0.1) is 5.41 Å². The van der Waals surface area contributed by atoms with Gasteiger partial charge in [-0.1, -0.05) is 194 Å². The number of rotatable bonds is 6. The maximum absolute atomic E-state index is 7.35.